The molecule has 15 heavy (non-hydrogen) atoms. The van der Waals surface area contributed by atoms with E-state index >= 15 is 0 Å². The van der Waals surface area contributed by atoms with Crippen LogP contribution in [0, 0.1) is 11.3 Å². The molecule has 1 N–H and O–H groups in total. The minimum Gasteiger partial charge on any atom is -0.481 e. The fourth-order valence-corrected chi connectivity index (χ4v) is 1.71. The van der Waals surface area contributed by atoms with E-state index in [-0.39, 0.29) is 12.5 Å². The highest BCUT2D eigenvalue weighted by Crippen LogP contribution is 2.05. The zero-order chi connectivity index (χ0) is 11.3. The van der Waals surface area contributed by atoms with Gasteiger partial charge in [-0.25, -0.2) is 0 Å². The van der Waals surface area contributed by atoms with Gasteiger partial charge in [0.05, 0.1) is 18.5 Å². The Morgan fingerprint density at radius 2 is 2.07 bits per heavy atom. The second kappa shape index (κ2) is 5.69. The first-order chi connectivity index (χ1) is 7.13. The number of hydrogen-bond acceptors (Lipinski definition) is 4. The molecule has 1 fully saturated rings. The summed E-state index contributed by atoms with van der Waals surface area (Å²) in [6.45, 7) is 5.94. The molecular weight excluding hydrogens is 194 g/mol. The van der Waals surface area contributed by atoms with Crippen molar-refractivity contribution >= 4 is 5.97 Å². The van der Waals surface area contributed by atoms with Crippen molar-refractivity contribution in [3.8, 4) is 6.07 Å². The van der Waals surface area contributed by atoms with Crippen molar-refractivity contribution < 1.29 is 9.90 Å². The normalized spacial score (nSPS) is 20.8. The van der Waals surface area contributed by atoms with Gasteiger partial charge in [-0.3, -0.25) is 9.69 Å². The third kappa shape index (κ3) is 3.86. The van der Waals surface area contributed by atoms with Crippen molar-refractivity contribution in [2.75, 3.05) is 32.7 Å². The molecule has 5 nitrogen and oxygen atoms in total. The number of carboxylic acids is 1. The number of rotatable bonds is 4. The van der Waals surface area contributed by atoms with Crippen LogP contribution < -0.4 is 0 Å². The number of aliphatic carboxylic acids is 1. The molecule has 1 aliphatic rings. The van der Waals surface area contributed by atoms with Gasteiger partial charge in [-0.15, -0.1) is 0 Å². The third-order valence-electron chi connectivity index (χ3n) is 2.78. The molecule has 0 bridgehead atoms. The van der Waals surface area contributed by atoms with E-state index in [9.17, 15) is 4.79 Å². The topological polar surface area (TPSA) is 67.6 Å². The minimum absolute atomic E-state index is 0.0355. The summed E-state index contributed by atoms with van der Waals surface area (Å²) in [6.07, 6.45) is 0.202. The molecule has 0 radical (unpaired) electrons. The fourth-order valence-electron chi connectivity index (χ4n) is 1.71. The van der Waals surface area contributed by atoms with Crippen molar-refractivity contribution in [1.82, 2.24) is 9.80 Å². The lowest BCUT2D eigenvalue weighted by Crippen LogP contribution is -2.49. The van der Waals surface area contributed by atoms with Crippen molar-refractivity contribution in [2.45, 2.75) is 19.4 Å². The number of nitrogens with zero attached hydrogens (tertiary/aromatic N) is 3. The second-order valence-corrected chi connectivity index (χ2v) is 3.83. The van der Waals surface area contributed by atoms with E-state index in [1.807, 2.05) is 6.92 Å². The molecule has 0 aromatic heterocycles. The van der Waals surface area contributed by atoms with Gasteiger partial charge < -0.3 is 10.0 Å². The third-order valence-corrected chi connectivity index (χ3v) is 2.78. The SMILES string of the molecule is CC(C#N)N1CCN(CCC(=O)O)CC1. The Morgan fingerprint density at radius 1 is 1.47 bits per heavy atom. The molecule has 1 atom stereocenters. The number of piperazine rings is 1. The number of carboxylic acid groups (broad SMARTS) is 1. The number of carbonyl (C=O) groups is 1. The fraction of sp³-hybridized carbons (Fsp3) is 0.800. The Hall–Kier alpha value is -1.12. The maximum atomic E-state index is 10.4. The molecule has 1 unspecified atom stereocenters. The monoisotopic (exact) mass is 211 g/mol. The Bertz CT molecular complexity index is 254. The van der Waals surface area contributed by atoms with Gasteiger partial charge in [-0.05, 0) is 6.92 Å². The molecule has 5 heteroatoms. The highest BCUT2D eigenvalue weighted by atomic mass is 16.4. The number of nitriles is 1. The van der Waals surface area contributed by atoms with Gasteiger partial charge >= 0.3 is 5.97 Å². The van der Waals surface area contributed by atoms with Crippen LogP contribution >= 0.6 is 0 Å². The predicted octanol–water partition coefficient (Wildman–Crippen LogP) is -0.00922. The molecule has 0 aromatic rings. The molecule has 0 saturated carbocycles. The quantitative estimate of drug-likeness (QED) is 0.708. The van der Waals surface area contributed by atoms with Crippen LogP contribution in [-0.4, -0.2) is 59.6 Å². The highest BCUT2D eigenvalue weighted by molar-refractivity contribution is 5.66. The summed E-state index contributed by atoms with van der Waals surface area (Å²) in [6, 6.07) is 2.18. The van der Waals surface area contributed by atoms with E-state index < -0.39 is 5.97 Å². The van der Waals surface area contributed by atoms with E-state index in [4.69, 9.17) is 10.4 Å². The summed E-state index contributed by atoms with van der Waals surface area (Å²) in [5, 5.41) is 17.3. The van der Waals surface area contributed by atoms with Crippen LogP contribution in [0.2, 0.25) is 0 Å². The molecule has 0 aliphatic carbocycles. The van der Waals surface area contributed by atoms with Crippen LogP contribution in [0.1, 0.15) is 13.3 Å². The summed E-state index contributed by atoms with van der Waals surface area (Å²) in [4.78, 5) is 14.6. The van der Waals surface area contributed by atoms with Crippen LogP contribution in [0.5, 0.6) is 0 Å². The lowest BCUT2D eigenvalue weighted by Gasteiger charge is -2.35. The van der Waals surface area contributed by atoms with Crippen molar-refractivity contribution in [3.63, 3.8) is 0 Å². The predicted molar refractivity (Wildman–Crippen MR) is 55.3 cm³/mol. The first kappa shape index (κ1) is 12.0. The van der Waals surface area contributed by atoms with Crippen LogP contribution in [0.4, 0.5) is 0 Å². The van der Waals surface area contributed by atoms with Gasteiger partial charge in [0.2, 0.25) is 0 Å². The van der Waals surface area contributed by atoms with Crippen LogP contribution in [0.25, 0.3) is 0 Å². The van der Waals surface area contributed by atoms with Crippen LogP contribution in [0.15, 0.2) is 0 Å². The average molecular weight is 211 g/mol. The van der Waals surface area contributed by atoms with E-state index in [2.05, 4.69) is 15.9 Å². The molecule has 1 heterocycles. The molecule has 0 spiro atoms. The van der Waals surface area contributed by atoms with Gasteiger partial charge in [0, 0.05) is 32.7 Å². The first-order valence-electron chi connectivity index (χ1n) is 5.21. The average Bonchev–Trinajstić information content (AvgIpc) is 2.26. The van der Waals surface area contributed by atoms with Crippen molar-refractivity contribution in [1.29, 1.82) is 5.26 Å². The van der Waals surface area contributed by atoms with Gasteiger partial charge in [0.15, 0.2) is 0 Å². The van der Waals surface area contributed by atoms with Crippen molar-refractivity contribution in [2.24, 2.45) is 0 Å². The zero-order valence-electron chi connectivity index (χ0n) is 9.02. The van der Waals surface area contributed by atoms with Gasteiger partial charge in [0.25, 0.3) is 0 Å². The Labute approximate surface area is 89.9 Å². The van der Waals surface area contributed by atoms with Crippen molar-refractivity contribution in [3.05, 3.63) is 0 Å². The van der Waals surface area contributed by atoms with Gasteiger partial charge in [0.1, 0.15) is 0 Å². The molecular formula is C10H17N3O2. The Kier molecular flexibility index (Phi) is 4.53. The minimum atomic E-state index is -0.747. The van der Waals surface area contributed by atoms with Gasteiger partial charge in [-0.1, -0.05) is 0 Å². The molecule has 1 aliphatic heterocycles. The molecule has 0 amide bonds. The first-order valence-corrected chi connectivity index (χ1v) is 5.21. The van der Waals surface area contributed by atoms with Crippen LogP contribution in [0.3, 0.4) is 0 Å². The standard InChI is InChI=1S/C10H17N3O2/c1-9(8-11)13-6-4-12(5-7-13)3-2-10(14)15/h9H,2-7H2,1H3,(H,14,15). The molecule has 1 saturated heterocycles. The zero-order valence-corrected chi connectivity index (χ0v) is 9.02. The number of hydrogen-bond donors (Lipinski definition) is 1. The lowest BCUT2D eigenvalue weighted by molar-refractivity contribution is -0.137. The van der Waals surface area contributed by atoms with E-state index in [0.29, 0.717) is 6.54 Å². The smallest absolute Gasteiger partial charge is 0.304 e. The molecule has 84 valence electrons. The summed E-state index contributed by atoms with van der Waals surface area (Å²) < 4.78 is 0. The molecule has 0 aromatic carbocycles. The highest BCUT2D eigenvalue weighted by Gasteiger charge is 2.20. The maximum Gasteiger partial charge on any atom is 0.304 e. The summed E-state index contributed by atoms with van der Waals surface area (Å²) in [7, 11) is 0. The lowest BCUT2D eigenvalue weighted by atomic mass is 10.2. The van der Waals surface area contributed by atoms with E-state index in [1.165, 1.54) is 0 Å². The molecule has 1 rings (SSSR count). The van der Waals surface area contributed by atoms with E-state index in [0.717, 1.165) is 26.2 Å². The Balaban J connectivity index is 2.24. The van der Waals surface area contributed by atoms with E-state index in [1.54, 1.807) is 0 Å². The summed E-state index contributed by atoms with van der Waals surface area (Å²) >= 11 is 0. The van der Waals surface area contributed by atoms with Crippen LogP contribution in [-0.2, 0) is 4.79 Å². The Morgan fingerprint density at radius 3 is 2.53 bits per heavy atom. The second-order valence-electron chi connectivity index (χ2n) is 3.83. The largest absolute Gasteiger partial charge is 0.481 e. The summed E-state index contributed by atoms with van der Waals surface area (Å²) in [5.74, 6) is -0.747. The summed E-state index contributed by atoms with van der Waals surface area (Å²) in [5.41, 5.74) is 0. The maximum absolute atomic E-state index is 10.4. The van der Waals surface area contributed by atoms with Gasteiger partial charge in [-0.2, -0.15) is 5.26 Å².